The summed E-state index contributed by atoms with van der Waals surface area (Å²) in [5.74, 6) is 3.94. The normalized spacial score (nSPS) is 38.7. The third kappa shape index (κ3) is 2.26. The quantitative estimate of drug-likeness (QED) is 0.900. The van der Waals surface area contributed by atoms with Crippen LogP contribution in [0.4, 0.5) is 0 Å². The van der Waals surface area contributed by atoms with E-state index < -0.39 is 0 Å². The van der Waals surface area contributed by atoms with Crippen molar-refractivity contribution >= 4 is 5.91 Å². The predicted octanol–water partition coefficient (Wildman–Crippen LogP) is 1.90. The number of piperazine rings is 1. The van der Waals surface area contributed by atoms with Crippen LogP contribution in [0.3, 0.4) is 0 Å². The number of rotatable bonds is 2. The monoisotopic (exact) mass is 329 g/mol. The lowest BCUT2D eigenvalue weighted by atomic mass is 9.52. The first-order chi connectivity index (χ1) is 11.6. The van der Waals surface area contributed by atoms with Gasteiger partial charge in [0.1, 0.15) is 5.76 Å². The molecule has 5 fully saturated rings. The van der Waals surface area contributed by atoms with Gasteiger partial charge in [0, 0.05) is 19.3 Å². The molecule has 2 heterocycles. The summed E-state index contributed by atoms with van der Waals surface area (Å²) in [4.78, 5) is 16.6. The molecule has 0 aromatic carbocycles. The Labute approximate surface area is 144 Å². The third-order valence-electron chi connectivity index (χ3n) is 7.53. The summed E-state index contributed by atoms with van der Waals surface area (Å²) in [7, 11) is 0. The topological polar surface area (TPSA) is 37.9 Å². The molecular weight excluding hydrogens is 300 g/mol. The molecule has 0 atom stereocenters. The summed E-state index contributed by atoms with van der Waals surface area (Å²) >= 11 is 0. The lowest BCUT2D eigenvalue weighted by Gasteiger charge is -2.59. The first kappa shape index (κ1) is 15.0. The molecular formula is C20H29N2O2+. The molecule has 130 valence electrons. The lowest BCUT2D eigenvalue weighted by molar-refractivity contribution is -0.962. The molecule has 1 aliphatic heterocycles. The fourth-order valence-electron chi connectivity index (χ4n) is 6.83. The standard InChI is InChI=1S/C20H28N2O2/c1-14-18(2-7-24-14)19(23)21-3-5-22(6-4-21)20-11-15-8-16(12-20)10-17(9-15)13-20/h2,7,15-17H,3-6,8-13H2,1H3/p+1. The van der Waals surface area contributed by atoms with Gasteiger partial charge in [0.05, 0.1) is 43.5 Å². The van der Waals surface area contributed by atoms with Gasteiger partial charge in [0.2, 0.25) is 0 Å². The number of furan rings is 1. The second-order valence-electron chi connectivity index (χ2n) is 8.98. The first-order valence-electron chi connectivity index (χ1n) is 9.81. The van der Waals surface area contributed by atoms with Gasteiger partial charge in [-0.3, -0.25) is 4.79 Å². The maximum Gasteiger partial charge on any atom is 0.257 e. The van der Waals surface area contributed by atoms with Crippen LogP contribution in [0.1, 0.15) is 54.6 Å². The average Bonchev–Trinajstić information content (AvgIpc) is 2.99. The van der Waals surface area contributed by atoms with Gasteiger partial charge in [-0.2, -0.15) is 0 Å². The van der Waals surface area contributed by atoms with Crippen molar-refractivity contribution in [2.24, 2.45) is 17.8 Å². The highest BCUT2D eigenvalue weighted by Crippen LogP contribution is 2.54. The van der Waals surface area contributed by atoms with Crippen molar-refractivity contribution in [3.05, 3.63) is 23.7 Å². The van der Waals surface area contributed by atoms with Crippen LogP contribution in [0.25, 0.3) is 0 Å². The van der Waals surface area contributed by atoms with Gasteiger partial charge in [-0.1, -0.05) is 0 Å². The molecule has 1 aromatic heterocycles. The number of hydrogen-bond acceptors (Lipinski definition) is 2. The van der Waals surface area contributed by atoms with Crippen molar-refractivity contribution < 1.29 is 14.1 Å². The van der Waals surface area contributed by atoms with Gasteiger partial charge in [0.25, 0.3) is 5.91 Å². The Balaban J connectivity index is 1.27. The smallest absolute Gasteiger partial charge is 0.257 e. The zero-order valence-electron chi connectivity index (χ0n) is 14.7. The Morgan fingerprint density at radius 2 is 1.71 bits per heavy atom. The lowest BCUT2D eigenvalue weighted by Crippen LogP contribution is -3.23. The molecule has 1 amide bonds. The highest BCUT2D eigenvalue weighted by atomic mass is 16.3. The summed E-state index contributed by atoms with van der Waals surface area (Å²) in [5.41, 5.74) is 1.31. The molecule has 4 bridgehead atoms. The summed E-state index contributed by atoms with van der Waals surface area (Å²) in [6.45, 7) is 5.95. The molecule has 5 aliphatic rings. The van der Waals surface area contributed by atoms with Gasteiger partial charge in [0.15, 0.2) is 0 Å². The first-order valence-corrected chi connectivity index (χ1v) is 9.81. The molecule has 0 unspecified atom stereocenters. The Bertz CT molecular complexity index is 607. The number of nitrogens with zero attached hydrogens (tertiary/aromatic N) is 1. The third-order valence-corrected chi connectivity index (χ3v) is 7.53. The van der Waals surface area contributed by atoms with Crippen LogP contribution < -0.4 is 4.90 Å². The molecule has 1 aromatic rings. The second kappa shape index (κ2) is 5.35. The highest BCUT2D eigenvalue weighted by molar-refractivity contribution is 5.95. The van der Waals surface area contributed by atoms with E-state index in [9.17, 15) is 4.79 Å². The molecule has 6 rings (SSSR count). The van der Waals surface area contributed by atoms with Crippen LogP contribution in [0, 0.1) is 24.7 Å². The van der Waals surface area contributed by atoms with Gasteiger partial charge >= 0.3 is 0 Å². The Morgan fingerprint density at radius 1 is 1.12 bits per heavy atom. The SMILES string of the molecule is Cc1occc1C(=O)N1CC[NH+](C23CC4CC(CC(C4)C2)C3)CC1. The molecule has 0 radical (unpaired) electrons. The maximum absolute atomic E-state index is 12.7. The zero-order valence-corrected chi connectivity index (χ0v) is 14.7. The number of amides is 1. The Kier molecular flexibility index (Phi) is 3.35. The zero-order chi connectivity index (χ0) is 16.3. The summed E-state index contributed by atoms with van der Waals surface area (Å²) in [6.07, 6.45) is 10.5. The van der Waals surface area contributed by atoms with E-state index in [2.05, 4.69) is 0 Å². The van der Waals surface area contributed by atoms with Gasteiger partial charge in [-0.25, -0.2) is 0 Å². The molecule has 4 heteroatoms. The number of carbonyl (C=O) groups excluding carboxylic acids is 1. The molecule has 4 saturated carbocycles. The average molecular weight is 329 g/mol. The van der Waals surface area contributed by atoms with Crippen molar-refractivity contribution in [3.63, 3.8) is 0 Å². The van der Waals surface area contributed by atoms with Crippen molar-refractivity contribution in [1.29, 1.82) is 0 Å². The van der Waals surface area contributed by atoms with Crippen LogP contribution in [0.5, 0.6) is 0 Å². The summed E-state index contributed by atoms with van der Waals surface area (Å²) in [5, 5.41) is 0. The molecule has 0 spiro atoms. The van der Waals surface area contributed by atoms with Crippen LogP contribution in [-0.2, 0) is 0 Å². The minimum atomic E-state index is 0.158. The van der Waals surface area contributed by atoms with Gasteiger partial charge in [-0.05, 0) is 50.0 Å². The minimum absolute atomic E-state index is 0.158. The van der Waals surface area contributed by atoms with Crippen molar-refractivity contribution in [2.75, 3.05) is 26.2 Å². The minimum Gasteiger partial charge on any atom is -0.469 e. The van der Waals surface area contributed by atoms with Crippen LogP contribution in [0.15, 0.2) is 16.7 Å². The molecule has 4 nitrogen and oxygen atoms in total. The van der Waals surface area contributed by atoms with E-state index >= 15 is 0 Å². The van der Waals surface area contributed by atoms with E-state index in [-0.39, 0.29) is 5.91 Å². The van der Waals surface area contributed by atoms with E-state index in [1.54, 1.807) is 6.26 Å². The van der Waals surface area contributed by atoms with Crippen molar-refractivity contribution in [1.82, 2.24) is 4.90 Å². The Morgan fingerprint density at radius 3 is 2.21 bits per heavy atom. The second-order valence-corrected chi connectivity index (χ2v) is 8.98. The van der Waals surface area contributed by atoms with E-state index in [1.807, 2.05) is 22.8 Å². The number of carbonyl (C=O) groups is 1. The maximum atomic E-state index is 12.7. The molecule has 4 aliphatic carbocycles. The van der Waals surface area contributed by atoms with Crippen LogP contribution >= 0.6 is 0 Å². The van der Waals surface area contributed by atoms with Gasteiger partial charge < -0.3 is 14.2 Å². The number of aryl methyl sites for hydroxylation is 1. The largest absolute Gasteiger partial charge is 0.469 e. The van der Waals surface area contributed by atoms with Crippen molar-refractivity contribution in [2.45, 2.75) is 51.0 Å². The number of nitrogens with one attached hydrogen (secondary N) is 1. The highest BCUT2D eigenvalue weighted by Gasteiger charge is 2.56. The molecule has 1 N–H and O–H groups in total. The van der Waals surface area contributed by atoms with E-state index in [0.29, 0.717) is 5.54 Å². The fraction of sp³-hybridized carbons (Fsp3) is 0.750. The van der Waals surface area contributed by atoms with Crippen molar-refractivity contribution in [3.8, 4) is 0 Å². The van der Waals surface area contributed by atoms with E-state index in [0.717, 1.165) is 55.3 Å². The number of quaternary nitrogens is 1. The van der Waals surface area contributed by atoms with Crippen LogP contribution in [-0.4, -0.2) is 42.5 Å². The summed E-state index contributed by atoms with van der Waals surface area (Å²) in [6, 6.07) is 1.82. The van der Waals surface area contributed by atoms with Crippen LogP contribution in [0.2, 0.25) is 0 Å². The summed E-state index contributed by atoms with van der Waals surface area (Å²) < 4.78 is 5.31. The van der Waals surface area contributed by atoms with Gasteiger partial charge in [-0.15, -0.1) is 0 Å². The Hall–Kier alpha value is -1.29. The van der Waals surface area contributed by atoms with E-state index in [1.165, 1.54) is 38.5 Å². The number of hydrogen-bond donors (Lipinski definition) is 1. The fourth-order valence-corrected chi connectivity index (χ4v) is 6.83. The molecule has 24 heavy (non-hydrogen) atoms. The molecule has 1 saturated heterocycles. The predicted molar refractivity (Wildman–Crippen MR) is 90.9 cm³/mol. The van der Waals surface area contributed by atoms with E-state index in [4.69, 9.17) is 4.42 Å².